The number of piperidine rings is 1. The van der Waals surface area contributed by atoms with Crippen LogP contribution in [0.1, 0.15) is 33.7 Å². The van der Waals surface area contributed by atoms with Gasteiger partial charge in [0.1, 0.15) is 18.3 Å². The van der Waals surface area contributed by atoms with Crippen LogP contribution in [0.2, 0.25) is 10.0 Å². The topological polar surface area (TPSA) is 164 Å². The Morgan fingerprint density at radius 1 is 1.12 bits per heavy atom. The van der Waals surface area contributed by atoms with Gasteiger partial charge < -0.3 is 16.0 Å². The zero-order valence-electron chi connectivity index (χ0n) is 16.9. The third-order valence-corrected chi connectivity index (χ3v) is 7.08. The van der Waals surface area contributed by atoms with Crippen LogP contribution in [-0.2, 0) is 10.0 Å². The number of hydrogen-bond donors (Lipinski definition) is 4. The SMILES string of the molecule is O=C(NC1CCNCC1)c1[nH]ncc1NC(=O)c1c(Cl)cc(S(=O)(=O)n2cncn2)cc1Cl. The van der Waals surface area contributed by atoms with Gasteiger partial charge in [-0.1, -0.05) is 23.2 Å². The smallest absolute Gasteiger partial charge is 0.284 e. The third-order valence-electron chi connectivity index (χ3n) is 4.97. The van der Waals surface area contributed by atoms with Crippen LogP contribution < -0.4 is 16.0 Å². The average Bonchev–Trinajstić information content (AvgIpc) is 3.46. The van der Waals surface area contributed by atoms with Gasteiger partial charge in [-0.05, 0) is 38.1 Å². The second-order valence-corrected chi connectivity index (χ2v) is 9.76. The fourth-order valence-electron chi connectivity index (χ4n) is 3.31. The van der Waals surface area contributed by atoms with Gasteiger partial charge in [0, 0.05) is 6.04 Å². The molecular formula is C18H18Cl2N8O4S. The molecular weight excluding hydrogens is 495 g/mol. The molecule has 4 N–H and O–H groups in total. The van der Waals surface area contributed by atoms with E-state index in [1.807, 2.05) is 0 Å². The molecule has 0 atom stereocenters. The highest BCUT2D eigenvalue weighted by molar-refractivity contribution is 7.89. The Kier molecular flexibility index (Phi) is 6.65. The minimum Gasteiger partial charge on any atom is -0.348 e. The number of benzene rings is 1. The Bertz CT molecular complexity index is 1260. The van der Waals surface area contributed by atoms with Gasteiger partial charge >= 0.3 is 0 Å². The van der Waals surface area contributed by atoms with Crippen molar-refractivity contribution in [1.82, 2.24) is 35.0 Å². The van der Waals surface area contributed by atoms with Gasteiger partial charge in [-0.25, -0.2) is 4.98 Å². The van der Waals surface area contributed by atoms with Gasteiger partial charge in [0.2, 0.25) is 0 Å². The summed E-state index contributed by atoms with van der Waals surface area (Å²) in [6.07, 6.45) is 4.92. The summed E-state index contributed by atoms with van der Waals surface area (Å²) in [5.41, 5.74) is 0.0270. The predicted molar refractivity (Wildman–Crippen MR) is 119 cm³/mol. The number of carbonyl (C=O) groups excluding carboxylic acids is 2. The van der Waals surface area contributed by atoms with Crippen LogP contribution in [0, 0.1) is 0 Å². The summed E-state index contributed by atoms with van der Waals surface area (Å²) in [6.45, 7) is 1.61. The molecule has 1 aliphatic heterocycles. The fraction of sp³-hybridized carbons (Fsp3) is 0.278. The Morgan fingerprint density at radius 2 is 1.82 bits per heavy atom. The highest BCUT2D eigenvalue weighted by Gasteiger charge is 2.26. The molecule has 0 saturated carbocycles. The zero-order valence-corrected chi connectivity index (χ0v) is 19.2. The number of anilines is 1. The van der Waals surface area contributed by atoms with Crippen molar-refractivity contribution in [2.24, 2.45) is 0 Å². The van der Waals surface area contributed by atoms with Crippen LogP contribution in [0.5, 0.6) is 0 Å². The van der Waals surface area contributed by atoms with Crippen molar-refractivity contribution in [3.63, 3.8) is 0 Å². The van der Waals surface area contributed by atoms with E-state index in [1.54, 1.807) is 0 Å². The standard InChI is InChI=1S/C18H18Cl2N8O4S/c19-12-5-11(33(31,32)28-9-22-8-24-28)6-13(20)15(12)17(29)26-14-7-23-27-16(14)18(30)25-10-1-3-21-4-2-10/h5-10,21H,1-4H2,(H,23,27)(H,25,30)(H,26,29). The van der Waals surface area contributed by atoms with Gasteiger partial charge in [-0.3, -0.25) is 14.7 Å². The summed E-state index contributed by atoms with van der Waals surface area (Å²) in [6, 6.07) is 2.17. The zero-order chi connectivity index (χ0) is 23.6. The Labute approximate surface area is 198 Å². The number of carbonyl (C=O) groups is 2. The van der Waals surface area contributed by atoms with E-state index < -0.39 is 21.8 Å². The van der Waals surface area contributed by atoms with Gasteiger partial charge in [0.05, 0.1) is 32.4 Å². The lowest BCUT2D eigenvalue weighted by atomic mass is 10.1. The molecule has 1 aromatic carbocycles. The molecule has 0 spiro atoms. The maximum absolute atomic E-state index is 12.9. The number of aromatic nitrogens is 5. The lowest BCUT2D eigenvalue weighted by Crippen LogP contribution is -2.43. The molecule has 0 aliphatic carbocycles. The van der Waals surface area contributed by atoms with E-state index in [-0.39, 0.29) is 37.9 Å². The van der Waals surface area contributed by atoms with Crippen molar-refractivity contribution in [3.05, 3.63) is 52.3 Å². The fourth-order valence-corrected chi connectivity index (χ4v) is 5.19. The van der Waals surface area contributed by atoms with Crippen LogP contribution in [0.4, 0.5) is 5.69 Å². The summed E-state index contributed by atoms with van der Waals surface area (Å²) in [5.74, 6) is -1.16. The van der Waals surface area contributed by atoms with E-state index in [1.165, 1.54) is 6.20 Å². The van der Waals surface area contributed by atoms with Crippen molar-refractivity contribution >= 4 is 50.7 Å². The van der Waals surface area contributed by atoms with Gasteiger partial charge in [-0.15, -0.1) is 9.19 Å². The van der Waals surface area contributed by atoms with E-state index in [9.17, 15) is 18.0 Å². The molecule has 0 radical (unpaired) electrons. The first-order valence-corrected chi connectivity index (χ1v) is 11.9. The molecule has 15 heteroatoms. The maximum Gasteiger partial charge on any atom is 0.284 e. The van der Waals surface area contributed by atoms with E-state index in [2.05, 4.69) is 36.2 Å². The minimum atomic E-state index is -4.10. The van der Waals surface area contributed by atoms with Crippen LogP contribution in [-0.4, -0.2) is 63.7 Å². The molecule has 0 unspecified atom stereocenters. The minimum absolute atomic E-state index is 0.00831. The molecule has 12 nitrogen and oxygen atoms in total. The molecule has 2 aromatic heterocycles. The lowest BCUT2D eigenvalue weighted by Gasteiger charge is -2.23. The maximum atomic E-state index is 12.9. The highest BCUT2D eigenvalue weighted by atomic mass is 35.5. The molecule has 4 rings (SSSR count). The van der Waals surface area contributed by atoms with Crippen molar-refractivity contribution in [2.45, 2.75) is 23.8 Å². The number of amides is 2. The molecule has 3 heterocycles. The summed E-state index contributed by atoms with van der Waals surface area (Å²) < 4.78 is 25.8. The summed E-state index contributed by atoms with van der Waals surface area (Å²) in [4.78, 5) is 28.8. The van der Waals surface area contributed by atoms with Gasteiger partial charge in [-0.2, -0.15) is 13.5 Å². The number of halogens is 2. The second-order valence-electron chi connectivity index (χ2n) is 7.15. The molecule has 1 saturated heterocycles. The van der Waals surface area contributed by atoms with Crippen LogP contribution >= 0.6 is 23.2 Å². The number of nitrogens with one attached hydrogen (secondary N) is 4. The number of H-pyrrole nitrogens is 1. The largest absolute Gasteiger partial charge is 0.348 e. The van der Waals surface area contributed by atoms with Crippen molar-refractivity contribution < 1.29 is 18.0 Å². The normalized spacial score (nSPS) is 14.7. The molecule has 1 aliphatic rings. The summed E-state index contributed by atoms with van der Waals surface area (Å²) in [5, 5.41) is 18.2. The van der Waals surface area contributed by atoms with Crippen LogP contribution in [0.25, 0.3) is 0 Å². The van der Waals surface area contributed by atoms with Crippen molar-refractivity contribution in [3.8, 4) is 0 Å². The first-order valence-electron chi connectivity index (χ1n) is 9.73. The van der Waals surface area contributed by atoms with Crippen LogP contribution in [0.3, 0.4) is 0 Å². The van der Waals surface area contributed by atoms with E-state index in [0.29, 0.717) is 4.09 Å². The monoisotopic (exact) mass is 512 g/mol. The van der Waals surface area contributed by atoms with Crippen molar-refractivity contribution in [1.29, 1.82) is 0 Å². The average molecular weight is 513 g/mol. The molecule has 1 fully saturated rings. The summed E-state index contributed by atoms with van der Waals surface area (Å²) in [7, 11) is -4.10. The lowest BCUT2D eigenvalue weighted by molar-refractivity contribution is 0.0925. The van der Waals surface area contributed by atoms with E-state index >= 15 is 0 Å². The van der Waals surface area contributed by atoms with Crippen molar-refractivity contribution in [2.75, 3.05) is 18.4 Å². The first-order chi connectivity index (χ1) is 15.8. The van der Waals surface area contributed by atoms with E-state index in [0.717, 1.165) is 50.7 Å². The first kappa shape index (κ1) is 23.2. The highest BCUT2D eigenvalue weighted by Crippen LogP contribution is 2.30. The predicted octanol–water partition coefficient (Wildman–Crippen LogP) is 1.28. The Hall–Kier alpha value is -3.00. The number of rotatable bonds is 6. The quantitative estimate of drug-likeness (QED) is 0.383. The van der Waals surface area contributed by atoms with E-state index in [4.69, 9.17) is 23.2 Å². The Balaban J connectivity index is 1.54. The number of nitrogens with zero attached hydrogens (tertiary/aromatic N) is 4. The van der Waals surface area contributed by atoms with Gasteiger partial charge in [0.15, 0.2) is 0 Å². The molecule has 0 bridgehead atoms. The van der Waals surface area contributed by atoms with Gasteiger partial charge in [0.25, 0.3) is 21.8 Å². The molecule has 33 heavy (non-hydrogen) atoms. The molecule has 3 aromatic rings. The second kappa shape index (κ2) is 9.47. The molecule has 174 valence electrons. The summed E-state index contributed by atoms with van der Waals surface area (Å²) >= 11 is 12.4. The molecule has 2 amide bonds. The Morgan fingerprint density at radius 3 is 2.45 bits per heavy atom. The third kappa shape index (κ3) is 4.85. The van der Waals surface area contributed by atoms with Crippen LogP contribution in [0.15, 0.2) is 35.9 Å². The number of aromatic amines is 1. The number of hydrogen-bond acceptors (Lipinski definition) is 8.